The molecule has 0 atom stereocenters. The number of aromatic nitrogens is 2. The van der Waals surface area contributed by atoms with Gasteiger partial charge in [0.1, 0.15) is 5.82 Å². The van der Waals surface area contributed by atoms with Crippen LogP contribution in [0.25, 0.3) is 0 Å². The quantitative estimate of drug-likeness (QED) is 0.940. The van der Waals surface area contributed by atoms with Crippen molar-refractivity contribution in [3.63, 3.8) is 0 Å². The van der Waals surface area contributed by atoms with Gasteiger partial charge in [0.15, 0.2) is 0 Å². The number of aryl methyl sites for hydroxylation is 2. The van der Waals surface area contributed by atoms with Crippen LogP contribution >= 0.6 is 0 Å². The molecular weight excluding hydrogens is 309 g/mol. The second kappa shape index (κ2) is 6.36. The van der Waals surface area contributed by atoms with Gasteiger partial charge >= 0.3 is 0 Å². The molecule has 128 valence electrons. The first-order valence-electron chi connectivity index (χ1n) is 8.09. The third kappa shape index (κ3) is 2.94. The van der Waals surface area contributed by atoms with Crippen LogP contribution in [-0.4, -0.2) is 28.9 Å². The minimum atomic E-state index is -0.619. The van der Waals surface area contributed by atoms with E-state index in [9.17, 15) is 9.18 Å². The summed E-state index contributed by atoms with van der Waals surface area (Å²) in [6.45, 7) is 4.75. The largest absolute Gasteiger partial charge is 0.381 e. The van der Waals surface area contributed by atoms with E-state index >= 15 is 0 Å². The van der Waals surface area contributed by atoms with Crippen LogP contribution in [0.2, 0.25) is 0 Å². The first-order valence-corrected chi connectivity index (χ1v) is 8.09. The lowest BCUT2D eigenvalue weighted by atomic mass is 9.82. The Morgan fingerprint density at radius 2 is 2.04 bits per heavy atom. The molecule has 2 heterocycles. The molecule has 1 aromatic heterocycles. The van der Waals surface area contributed by atoms with E-state index in [4.69, 9.17) is 4.74 Å². The molecule has 0 saturated carbocycles. The number of hydrogen-bond donors (Lipinski definition) is 1. The lowest BCUT2D eigenvalue weighted by molar-refractivity contribution is 0.0344. The minimum Gasteiger partial charge on any atom is -0.381 e. The molecule has 2 aromatic rings. The molecule has 1 aliphatic rings. The fourth-order valence-electron chi connectivity index (χ4n) is 3.37. The van der Waals surface area contributed by atoms with Crippen molar-refractivity contribution in [1.29, 1.82) is 0 Å². The monoisotopic (exact) mass is 331 g/mol. The molecule has 0 spiro atoms. The maximum atomic E-state index is 13.7. The highest BCUT2D eigenvalue weighted by molar-refractivity contribution is 5.97. The average Bonchev–Trinajstić information content (AvgIpc) is 2.81. The van der Waals surface area contributed by atoms with Gasteiger partial charge in [0.05, 0.1) is 16.8 Å². The van der Waals surface area contributed by atoms with Gasteiger partial charge in [0, 0.05) is 26.0 Å². The Balaban J connectivity index is 1.97. The summed E-state index contributed by atoms with van der Waals surface area (Å²) in [6.07, 6.45) is 1.22. The summed E-state index contributed by atoms with van der Waals surface area (Å²) in [4.78, 5) is 12.9. The van der Waals surface area contributed by atoms with Crippen molar-refractivity contribution in [2.75, 3.05) is 13.2 Å². The number of nitrogens with one attached hydrogen (secondary N) is 1. The number of nitrogens with zero attached hydrogens (tertiary/aromatic N) is 2. The molecule has 0 radical (unpaired) electrons. The Hall–Kier alpha value is -2.21. The summed E-state index contributed by atoms with van der Waals surface area (Å²) in [5, 5.41) is 7.45. The maximum Gasteiger partial charge on any atom is 0.255 e. The number of ether oxygens (including phenoxy) is 1. The molecule has 1 N–H and O–H groups in total. The number of amides is 1. The molecule has 6 heteroatoms. The maximum absolute atomic E-state index is 13.7. The van der Waals surface area contributed by atoms with E-state index in [1.165, 1.54) is 12.1 Å². The third-order valence-electron chi connectivity index (χ3n) is 4.81. The van der Waals surface area contributed by atoms with E-state index in [1.54, 1.807) is 10.7 Å². The molecule has 5 nitrogen and oxygen atoms in total. The van der Waals surface area contributed by atoms with Crippen molar-refractivity contribution in [1.82, 2.24) is 15.1 Å². The molecule has 1 saturated heterocycles. The Morgan fingerprint density at radius 3 is 2.62 bits per heavy atom. The van der Waals surface area contributed by atoms with Crippen LogP contribution in [0, 0.1) is 19.7 Å². The van der Waals surface area contributed by atoms with Gasteiger partial charge < -0.3 is 10.1 Å². The van der Waals surface area contributed by atoms with E-state index in [0.717, 1.165) is 11.3 Å². The summed E-state index contributed by atoms with van der Waals surface area (Å²) in [5.41, 5.74) is 2.24. The SMILES string of the molecule is Cc1nn(C)c(C)c1C(=O)NC1(c2cccc(F)c2)CCOCC1. The Bertz CT molecular complexity index is 764. The molecule has 3 rings (SSSR count). The highest BCUT2D eigenvalue weighted by atomic mass is 19.1. The van der Waals surface area contributed by atoms with Crippen LogP contribution in [0.1, 0.15) is 40.2 Å². The lowest BCUT2D eigenvalue weighted by Crippen LogP contribution is -2.49. The number of halogens is 1. The zero-order valence-corrected chi connectivity index (χ0v) is 14.2. The van der Waals surface area contributed by atoms with Gasteiger partial charge in [0.2, 0.25) is 0 Å². The number of benzene rings is 1. The highest BCUT2D eigenvalue weighted by Crippen LogP contribution is 2.33. The normalized spacial score (nSPS) is 16.8. The van der Waals surface area contributed by atoms with E-state index in [-0.39, 0.29) is 11.7 Å². The molecule has 0 aliphatic carbocycles. The molecule has 1 aliphatic heterocycles. The minimum absolute atomic E-state index is 0.177. The smallest absolute Gasteiger partial charge is 0.255 e. The van der Waals surface area contributed by atoms with Crippen molar-refractivity contribution in [2.24, 2.45) is 7.05 Å². The fraction of sp³-hybridized carbons (Fsp3) is 0.444. The topological polar surface area (TPSA) is 56.2 Å². The van der Waals surface area contributed by atoms with Crippen LogP contribution in [0.4, 0.5) is 4.39 Å². The van der Waals surface area contributed by atoms with Crippen molar-refractivity contribution >= 4 is 5.91 Å². The molecular formula is C18H22FN3O2. The predicted molar refractivity (Wildman–Crippen MR) is 88.3 cm³/mol. The van der Waals surface area contributed by atoms with Gasteiger partial charge in [-0.2, -0.15) is 5.10 Å². The van der Waals surface area contributed by atoms with Gasteiger partial charge in [0.25, 0.3) is 5.91 Å². The van der Waals surface area contributed by atoms with Gasteiger partial charge in [-0.05, 0) is 44.4 Å². The standard InChI is InChI=1S/C18H22FN3O2/c1-12-16(13(2)22(3)21-12)17(23)20-18(7-9-24-10-8-18)14-5-4-6-15(19)11-14/h4-6,11H,7-10H2,1-3H3,(H,20,23). The first kappa shape index (κ1) is 16.6. The van der Waals surface area contributed by atoms with Crippen LogP contribution in [0.5, 0.6) is 0 Å². The van der Waals surface area contributed by atoms with Crippen molar-refractivity contribution in [3.05, 3.63) is 52.6 Å². The lowest BCUT2D eigenvalue weighted by Gasteiger charge is -2.38. The average molecular weight is 331 g/mol. The molecule has 1 aromatic carbocycles. The van der Waals surface area contributed by atoms with Crippen molar-refractivity contribution in [2.45, 2.75) is 32.2 Å². The Labute approximate surface area is 140 Å². The summed E-state index contributed by atoms with van der Waals surface area (Å²) in [7, 11) is 1.82. The van der Waals surface area contributed by atoms with Gasteiger partial charge in [-0.1, -0.05) is 12.1 Å². The predicted octanol–water partition coefficient (Wildman–Crippen LogP) is 2.61. The molecule has 0 unspecified atom stereocenters. The zero-order valence-electron chi connectivity index (χ0n) is 14.2. The van der Waals surface area contributed by atoms with E-state index < -0.39 is 5.54 Å². The second-order valence-electron chi connectivity index (χ2n) is 6.33. The summed E-state index contributed by atoms with van der Waals surface area (Å²) in [5.74, 6) is -0.481. The zero-order chi connectivity index (χ0) is 17.3. The van der Waals surface area contributed by atoms with Crippen LogP contribution in [0.15, 0.2) is 24.3 Å². The van der Waals surface area contributed by atoms with Crippen LogP contribution < -0.4 is 5.32 Å². The fourth-order valence-corrected chi connectivity index (χ4v) is 3.37. The second-order valence-corrected chi connectivity index (χ2v) is 6.33. The van der Waals surface area contributed by atoms with Gasteiger partial charge in [-0.25, -0.2) is 4.39 Å². The summed E-state index contributed by atoms with van der Waals surface area (Å²) in [6, 6.07) is 6.44. The van der Waals surface area contributed by atoms with Crippen LogP contribution in [-0.2, 0) is 17.3 Å². The summed E-state index contributed by atoms with van der Waals surface area (Å²) < 4.78 is 20.9. The third-order valence-corrected chi connectivity index (χ3v) is 4.81. The van der Waals surface area contributed by atoms with E-state index in [1.807, 2.05) is 27.0 Å². The number of hydrogen-bond acceptors (Lipinski definition) is 3. The molecule has 24 heavy (non-hydrogen) atoms. The van der Waals surface area contributed by atoms with Crippen LogP contribution in [0.3, 0.4) is 0 Å². The van der Waals surface area contributed by atoms with Gasteiger partial charge in [-0.15, -0.1) is 0 Å². The number of carbonyl (C=O) groups excluding carboxylic acids is 1. The Morgan fingerprint density at radius 1 is 1.33 bits per heavy atom. The number of rotatable bonds is 3. The summed E-state index contributed by atoms with van der Waals surface area (Å²) >= 11 is 0. The van der Waals surface area contributed by atoms with Crippen molar-refractivity contribution < 1.29 is 13.9 Å². The van der Waals surface area contributed by atoms with Gasteiger partial charge in [-0.3, -0.25) is 9.48 Å². The molecule has 1 amide bonds. The Kier molecular flexibility index (Phi) is 4.41. The number of carbonyl (C=O) groups is 1. The van der Waals surface area contributed by atoms with E-state index in [2.05, 4.69) is 10.4 Å². The molecule has 1 fully saturated rings. The van der Waals surface area contributed by atoms with Crippen molar-refractivity contribution in [3.8, 4) is 0 Å². The first-order chi connectivity index (χ1) is 11.4. The molecule has 0 bridgehead atoms. The highest BCUT2D eigenvalue weighted by Gasteiger charge is 2.37. The van der Waals surface area contributed by atoms with E-state index in [0.29, 0.717) is 37.3 Å².